The van der Waals surface area contributed by atoms with E-state index in [1.54, 1.807) is 0 Å². The lowest BCUT2D eigenvalue weighted by Crippen LogP contribution is -2.33. The van der Waals surface area contributed by atoms with Crippen LogP contribution in [0.25, 0.3) is 0 Å². The molecule has 0 aliphatic carbocycles. The molecule has 0 aromatic carbocycles. The molecule has 0 aliphatic rings. The van der Waals surface area contributed by atoms with Crippen LogP contribution in [-0.4, -0.2) is 42.1 Å². The van der Waals surface area contributed by atoms with Crippen molar-refractivity contribution >= 4 is 15.9 Å². The number of hydrogen-bond acceptors (Lipinski definition) is 2. The molecule has 0 saturated heterocycles. The highest BCUT2D eigenvalue weighted by Gasteiger charge is 2.17. The molecule has 0 bridgehead atoms. The molecule has 0 unspecified atom stereocenters. The Morgan fingerprint density at radius 2 is 1.86 bits per heavy atom. The lowest BCUT2D eigenvalue weighted by atomic mass is 9.96. The van der Waals surface area contributed by atoms with Crippen molar-refractivity contribution in [2.75, 3.05) is 32.1 Å². The van der Waals surface area contributed by atoms with Crippen molar-refractivity contribution in [1.82, 2.24) is 4.90 Å². The average molecular weight is 266 g/mol. The summed E-state index contributed by atoms with van der Waals surface area (Å²) in [5.41, 5.74) is 0.353. The molecular formula is C11H24BrNO. The van der Waals surface area contributed by atoms with E-state index in [2.05, 4.69) is 41.7 Å². The number of aliphatic hydroxyl groups is 1. The maximum atomic E-state index is 8.64. The molecular weight excluding hydrogens is 242 g/mol. The molecule has 0 spiro atoms. The number of rotatable bonds is 8. The minimum Gasteiger partial charge on any atom is -0.396 e. The van der Waals surface area contributed by atoms with E-state index in [4.69, 9.17) is 5.11 Å². The molecule has 0 radical (unpaired) electrons. The number of unbranched alkanes of at least 4 members (excludes halogenated alkanes) is 2. The first kappa shape index (κ1) is 14.4. The zero-order chi connectivity index (χ0) is 11.0. The third-order valence-corrected chi connectivity index (χ3v) is 3.78. The van der Waals surface area contributed by atoms with Crippen LogP contribution in [0.15, 0.2) is 0 Å². The van der Waals surface area contributed by atoms with Crippen molar-refractivity contribution in [1.29, 1.82) is 0 Å². The Labute approximate surface area is 96.8 Å². The smallest absolute Gasteiger partial charge is 0.0431 e. The van der Waals surface area contributed by atoms with Gasteiger partial charge in [0.15, 0.2) is 0 Å². The summed E-state index contributed by atoms with van der Waals surface area (Å²) in [5.74, 6) is 0. The van der Waals surface area contributed by atoms with Crippen LogP contribution in [0.1, 0.15) is 33.1 Å². The van der Waals surface area contributed by atoms with Gasteiger partial charge in [0.2, 0.25) is 0 Å². The van der Waals surface area contributed by atoms with E-state index in [-0.39, 0.29) is 0 Å². The Morgan fingerprint density at radius 1 is 1.21 bits per heavy atom. The van der Waals surface area contributed by atoms with E-state index in [9.17, 15) is 0 Å². The quantitative estimate of drug-likeness (QED) is 0.539. The van der Waals surface area contributed by atoms with Crippen LogP contribution in [0.3, 0.4) is 0 Å². The first-order valence-electron chi connectivity index (χ1n) is 5.37. The Balaban J connectivity index is 3.49. The third-order valence-electron chi connectivity index (χ3n) is 2.26. The molecule has 1 N–H and O–H groups in total. The van der Waals surface area contributed by atoms with Crippen LogP contribution < -0.4 is 0 Å². The Bertz CT molecular complexity index is 139. The normalized spacial score (nSPS) is 12.4. The standard InChI is InChI=1S/C11H24BrNO/c1-11(2,9-12)10-13(3)7-5-4-6-8-14/h14H,4-10H2,1-3H3. The summed E-state index contributed by atoms with van der Waals surface area (Å²) >= 11 is 3.53. The van der Waals surface area contributed by atoms with Crippen LogP contribution in [0.5, 0.6) is 0 Å². The zero-order valence-corrected chi connectivity index (χ0v) is 11.3. The van der Waals surface area contributed by atoms with Crippen molar-refractivity contribution in [2.24, 2.45) is 5.41 Å². The SMILES string of the molecule is CN(CCCCCO)CC(C)(C)CBr. The molecule has 0 amide bonds. The van der Waals surface area contributed by atoms with Gasteiger partial charge in [0.25, 0.3) is 0 Å². The van der Waals surface area contributed by atoms with E-state index in [1.807, 2.05) is 0 Å². The fourth-order valence-corrected chi connectivity index (χ4v) is 1.70. The second-order valence-electron chi connectivity index (χ2n) is 4.82. The molecule has 3 heteroatoms. The molecule has 0 rings (SSSR count). The summed E-state index contributed by atoms with van der Waals surface area (Å²) in [6.07, 6.45) is 3.26. The maximum absolute atomic E-state index is 8.64. The van der Waals surface area contributed by atoms with E-state index in [0.29, 0.717) is 12.0 Å². The highest BCUT2D eigenvalue weighted by atomic mass is 79.9. The summed E-state index contributed by atoms with van der Waals surface area (Å²) in [6.45, 7) is 7.13. The number of alkyl halides is 1. The van der Waals surface area contributed by atoms with Gasteiger partial charge in [-0.3, -0.25) is 0 Å². The topological polar surface area (TPSA) is 23.5 Å². The summed E-state index contributed by atoms with van der Waals surface area (Å²) < 4.78 is 0. The number of nitrogens with zero attached hydrogens (tertiary/aromatic N) is 1. The molecule has 86 valence electrons. The predicted molar refractivity (Wildman–Crippen MR) is 66.0 cm³/mol. The Kier molecular flexibility index (Phi) is 7.88. The summed E-state index contributed by atoms with van der Waals surface area (Å²) in [6, 6.07) is 0. The zero-order valence-electron chi connectivity index (χ0n) is 9.72. The highest BCUT2D eigenvalue weighted by molar-refractivity contribution is 9.09. The van der Waals surface area contributed by atoms with Crippen LogP contribution in [0.4, 0.5) is 0 Å². The van der Waals surface area contributed by atoms with Gasteiger partial charge in [0, 0.05) is 18.5 Å². The molecule has 0 fully saturated rings. The lowest BCUT2D eigenvalue weighted by Gasteiger charge is -2.28. The van der Waals surface area contributed by atoms with Crippen molar-refractivity contribution in [3.05, 3.63) is 0 Å². The average Bonchev–Trinajstić information content (AvgIpc) is 2.12. The van der Waals surface area contributed by atoms with E-state index in [0.717, 1.165) is 31.3 Å². The fraction of sp³-hybridized carbons (Fsp3) is 1.00. The van der Waals surface area contributed by atoms with Crippen molar-refractivity contribution in [2.45, 2.75) is 33.1 Å². The molecule has 0 aromatic heterocycles. The summed E-state index contributed by atoms with van der Waals surface area (Å²) in [5, 5.41) is 9.68. The summed E-state index contributed by atoms with van der Waals surface area (Å²) in [4.78, 5) is 2.37. The molecule has 0 aromatic rings. The maximum Gasteiger partial charge on any atom is 0.0431 e. The van der Waals surface area contributed by atoms with Crippen LogP contribution in [-0.2, 0) is 0 Å². The second-order valence-corrected chi connectivity index (χ2v) is 5.38. The van der Waals surface area contributed by atoms with Crippen LogP contribution >= 0.6 is 15.9 Å². The highest BCUT2D eigenvalue weighted by Crippen LogP contribution is 2.19. The molecule has 14 heavy (non-hydrogen) atoms. The summed E-state index contributed by atoms with van der Waals surface area (Å²) in [7, 11) is 2.17. The van der Waals surface area contributed by atoms with Gasteiger partial charge in [-0.1, -0.05) is 29.8 Å². The monoisotopic (exact) mass is 265 g/mol. The van der Waals surface area contributed by atoms with Gasteiger partial charge in [-0.05, 0) is 38.3 Å². The number of hydrogen-bond donors (Lipinski definition) is 1. The molecule has 2 nitrogen and oxygen atoms in total. The van der Waals surface area contributed by atoms with Crippen molar-refractivity contribution < 1.29 is 5.11 Å². The first-order valence-corrected chi connectivity index (χ1v) is 6.49. The second kappa shape index (κ2) is 7.66. The Morgan fingerprint density at radius 3 is 2.36 bits per heavy atom. The van der Waals surface area contributed by atoms with E-state index < -0.39 is 0 Å². The fourth-order valence-electron chi connectivity index (χ4n) is 1.52. The third kappa shape index (κ3) is 7.77. The van der Waals surface area contributed by atoms with Gasteiger partial charge in [0.1, 0.15) is 0 Å². The van der Waals surface area contributed by atoms with E-state index >= 15 is 0 Å². The Hall–Kier alpha value is 0.400. The van der Waals surface area contributed by atoms with Crippen molar-refractivity contribution in [3.63, 3.8) is 0 Å². The minimum absolute atomic E-state index is 0.330. The minimum atomic E-state index is 0.330. The van der Waals surface area contributed by atoms with Gasteiger partial charge in [-0.2, -0.15) is 0 Å². The van der Waals surface area contributed by atoms with Gasteiger partial charge in [0.05, 0.1) is 0 Å². The van der Waals surface area contributed by atoms with Gasteiger partial charge in [-0.25, -0.2) is 0 Å². The van der Waals surface area contributed by atoms with Gasteiger partial charge >= 0.3 is 0 Å². The molecule has 0 aliphatic heterocycles. The number of aliphatic hydroxyl groups excluding tert-OH is 1. The van der Waals surface area contributed by atoms with Gasteiger partial charge in [-0.15, -0.1) is 0 Å². The molecule has 0 heterocycles. The molecule has 0 saturated carbocycles. The number of halogens is 1. The predicted octanol–water partition coefficient (Wildman–Crippen LogP) is 2.50. The van der Waals surface area contributed by atoms with E-state index in [1.165, 1.54) is 6.42 Å². The van der Waals surface area contributed by atoms with Crippen molar-refractivity contribution in [3.8, 4) is 0 Å². The largest absolute Gasteiger partial charge is 0.396 e. The van der Waals surface area contributed by atoms with Crippen LogP contribution in [0.2, 0.25) is 0 Å². The van der Waals surface area contributed by atoms with Crippen LogP contribution in [0, 0.1) is 5.41 Å². The lowest BCUT2D eigenvalue weighted by molar-refractivity contribution is 0.223. The van der Waals surface area contributed by atoms with Gasteiger partial charge < -0.3 is 10.0 Å². The molecule has 0 atom stereocenters. The first-order chi connectivity index (χ1) is 6.52.